The normalized spacial score (nSPS) is 11.2. The average Bonchev–Trinajstić information content (AvgIpc) is 2.15. The van der Waals surface area contributed by atoms with E-state index >= 15 is 0 Å². The molecule has 1 rings (SSSR count). The molecular formula is C11H17N3O. The maximum Gasteiger partial charge on any atom is 0.271 e. The van der Waals surface area contributed by atoms with E-state index in [1.165, 1.54) is 0 Å². The van der Waals surface area contributed by atoms with E-state index in [4.69, 9.17) is 5.73 Å². The van der Waals surface area contributed by atoms with Gasteiger partial charge in [0.05, 0.1) is 5.69 Å². The predicted octanol–water partition coefficient (Wildman–Crippen LogP) is 1.32. The molecule has 0 saturated carbocycles. The topological polar surface area (TPSA) is 68.0 Å². The lowest BCUT2D eigenvalue weighted by molar-refractivity contribution is 0.0959. The zero-order valence-electron chi connectivity index (χ0n) is 9.59. The highest BCUT2D eigenvalue weighted by Gasteiger charge is 2.17. The molecule has 82 valence electrons. The monoisotopic (exact) mass is 207 g/mol. The van der Waals surface area contributed by atoms with Gasteiger partial charge in [-0.1, -0.05) is 20.8 Å². The van der Waals surface area contributed by atoms with Gasteiger partial charge in [0, 0.05) is 13.2 Å². The summed E-state index contributed by atoms with van der Waals surface area (Å²) < 4.78 is 0. The van der Waals surface area contributed by atoms with E-state index in [1.807, 2.05) is 0 Å². The summed E-state index contributed by atoms with van der Waals surface area (Å²) in [5.41, 5.74) is 7.48. The van der Waals surface area contributed by atoms with Crippen LogP contribution in [0.3, 0.4) is 0 Å². The summed E-state index contributed by atoms with van der Waals surface area (Å²) in [6, 6.07) is 1.80. The van der Waals surface area contributed by atoms with E-state index in [-0.39, 0.29) is 17.0 Å². The number of rotatable bonds is 1. The van der Waals surface area contributed by atoms with Crippen LogP contribution in [0.15, 0.2) is 12.3 Å². The number of hydrogen-bond acceptors (Lipinski definition) is 3. The van der Waals surface area contributed by atoms with Crippen molar-refractivity contribution in [3.63, 3.8) is 0 Å². The lowest BCUT2D eigenvalue weighted by Crippen LogP contribution is -2.22. The largest absolute Gasteiger partial charge is 0.397 e. The van der Waals surface area contributed by atoms with E-state index in [1.54, 1.807) is 19.3 Å². The van der Waals surface area contributed by atoms with Crippen LogP contribution in [0, 0.1) is 0 Å². The molecule has 1 aromatic rings. The molecule has 1 heterocycles. The Labute approximate surface area is 89.9 Å². The Kier molecular flexibility index (Phi) is 2.98. The van der Waals surface area contributed by atoms with Crippen molar-refractivity contribution < 1.29 is 4.79 Å². The fourth-order valence-electron chi connectivity index (χ4n) is 1.20. The summed E-state index contributed by atoms with van der Waals surface area (Å²) >= 11 is 0. The maximum absolute atomic E-state index is 11.3. The molecule has 4 heteroatoms. The Morgan fingerprint density at radius 2 is 2.07 bits per heavy atom. The fraction of sp³-hybridized carbons (Fsp3) is 0.455. The number of nitrogens with one attached hydrogen (secondary N) is 1. The van der Waals surface area contributed by atoms with Crippen LogP contribution in [0.5, 0.6) is 0 Å². The summed E-state index contributed by atoms with van der Waals surface area (Å²) in [5.74, 6) is -0.257. The number of aromatic nitrogens is 1. The van der Waals surface area contributed by atoms with E-state index in [9.17, 15) is 4.79 Å². The molecule has 15 heavy (non-hydrogen) atoms. The standard InChI is InChI=1S/C11H17N3O/c1-11(2,3)7-5-8(12)9(14-6-7)10(15)13-4/h5-6H,12H2,1-4H3,(H,13,15). The van der Waals surface area contributed by atoms with Crippen molar-refractivity contribution in [3.05, 3.63) is 23.5 Å². The molecule has 0 atom stereocenters. The number of hydrogen-bond donors (Lipinski definition) is 2. The quantitative estimate of drug-likeness (QED) is 0.729. The van der Waals surface area contributed by atoms with Crippen molar-refractivity contribution in [1.82, 2.24) is 10.3 Å². The minimum absolute atomic E-state index is 0.0116. The van der Waals surface area contributed by atoms with Crippen LogP contribution in [0.4, 0.5) is 5.69 Å². The third kappa shape index (κ3) is 2.46. The molecule has 1 aromatic heterocycles. The van der Waals surface area contributed by atoms with E-state index in [2.05, 4.69) is 31.1 Å². The van der Waals surface area contributed by atoms with Crippen LogP contribution in [-0.2, 0) is 5.41 Å². The molecule has 0 saturated heterocycles. The molecule has 0 bridgehead atoms. The van der Waals surface area contributed by atoms with Crippen LogP contribution in [0.1, 0.15) is 36.8 Å². The Hall–Kier alpha value is -1.58. The van der Waals surface area contributed by atoms with E-state index < -0.39 is 0 Å². The number of carbonyl (C=O) groups is 1. The van der Waals surface area contributed by atoms with Gasteiger partial charge in [0.15, 0.2) is 5.69 Å². The zero-order valence-corrected chi connectivity index (χ0v) is 9.59. The smallest absolute Gasteiger partial charge is 0.271 e. The average molecular weight is 207 g/mol. The first-order valence-electron chi connectivity index (χ1n) is 4.84. The van der Waals surface area contributed by atoms with Crippen molar-refractivity contribution in [2.24, 2.45) is 0 Å². The molecule has 0 aliphatic rings. The van der Waals surface area contributed by atoms with Crippen LogP contribution in [0.2, 0.25) is 0 Å². The fourth-order valence-corrected chi connectivity index (χ4v) is 1.20. The van der Waals surface area contributed by atoms with Gasteiger partial charge in [-0.3, -0.25) is 4.79 Å². The number of nitrogen functional groups attached to an aromatic ring is 1. The van der Waals surface area contributed by atoms with Crippen molar-refractivity contribution in [2.75, 3.05) is 12.8 Å². The second-order valence-corrected chi connectivity index (χ2v) is 4.49. The molecule has 0 aliphatic heterocycles. The molecule has 4 nitrogen and oxygen atoms in total. The van der Waals surface area contributed by atoms with Crippen LogP contribution in [0.25, 0.3) is 0 Å². The second-order valence-electron chi connectivity index (χ2n) is 4.49. The number of nitrogens with zero attached hydrogens (tertiary/aromatic N) is 1. The molecular weight excluding hydrogens is 190 g/mol. The highest BCUT2D eigenvalue weighted by atomic mass is 16.1. The summed E-state index contributed by atoms with van der Waals surface area (Å²) in [7, 11) is 1.56. The van der Waals surface area contributed by atoms with Crippen molar-refractivity contribution in [3.8, 4) is 0 Å². The van der Waals surface area contributed by atoms with Crippen molar-refractivity contribution in [1.29, 1.82) is 0 Å². The van der Waals surface area contributed by atoms with Gasteiger partial charge in [0.2, 0.25) is 0 Å². The molecule has 3 N–H and O–H groups in total. The van der Waals surface area contributed by atoms with Crippen molar-refractivity contribution in [2.45, 2.75) is 26.2 Å². The Bertz CT molecular complexity index is 380. The molecule has 1 amide bonds. The lowest BCUT2D eigenvalue weighted by Gasteiger charge is -2.19. The number of pyridine rings is 1. The Morgan fingerprint density at radius 1 is 1.47 bits per heavy atom. The van der Waals surface area contributed by atoms with Crippen LogP contribution < -0.4 is 11.1 Å². The highest BCUT2D eigenvalue weighted by molar-refractivity contribution is 5.96. The van der Waals surface area contributed by atoms with Crippen molar-refractivity contribution >= 4 is 11.6 Å². The first-order chi connectivity index (χ1) is 6.86. The summed E-state index contributed by atoms with van der Waals surface area (Å²) in [5, 5.41) is 2.50. The Morgan fingerprint density at radius 3 is 2.47 bits per heavy atom. The number of nitrogens with two attached hydrogens (primary N) is 1. The Balaban J connectivity index is 3.15. The lowest BCUT2D eigenvalue weighted by atomic mass is 9.88. The van der Waals surface area contributed by atoms with Crippen LogP contribution in [-0.4, -0.2) is 17.9 Å². The maximum atomic E-state index is 11.3. The molecule has 0 spiro atoms. The number of anilines is 1. The SMILES string of the molecule is CNC(=O)c1ncc(C(C)(C)C)cc1N. The summed E-state index contributed by atoms with van der Waals surface area (Å²) in [6.07, 6.45) is 1.70. The van der Waals surface area contributed by atoms with Gasteiger partial charge in [0.25, 0.3) is 5.91 Å². The van der Waals surface area contributed by atoms with Gasteiger partial charge in [-0.05, 0) is 17.0 Å². The second kappa shape index (κ2) is 3.88. The molecule has 0 unspecified atom stereocenters. The molecule has 0 aromatic carbocycles. The number of amides is 1. The van der Waals surface area contributed by atoms with Crippen LogP contribution >= 0.6 is 0 Å². The van der Waals surface area contributed by atoms with Gasteiger partial charge in [0.1, 0.15) is 0 Å². The van der Waals surface area contributed by atoms with E-state index in [0.717, 1.165) is 5.56 Å². The minimum atomic E-state index is -0.257. The summed E-state index contributed by atoms with van der Waals surface area (Å²) in [4.78, 5) is 15.4. The van der Waals surface area contributed by atoms with Gasteiger partial charge in [-0.2, -0.15) is 0 Å². The predicted molar refractivity (Wildman–Crippen MR) is 60.7 cm³/mol. The minimum Gasteiger partial charge on any atom is -0.397 e. The van der Waals surface area contributed by atoms with Gasteiger partial charge in [-0.15, -0.1) is 0 Å². The molecule has 0 fully saturated rings. The van der Waals surface area contributed by atoms with Gasteiger partial charge >= 0.3 is 0 Å². The van der Waals surface area contributed by atoms with Gasteiger partial charge in [-0.25, -0.2) is 4.98 Å². The third-order valence-corrected chi connectivity index (χ3v) is 2.23. The zero-order chi connectivity index (χ0) is 11.6. The first-order valence-corrected chi connectivity index (χ1v) is 4.84. The number of carbonyl (C=O) groups excluding carboxylic acids is 1. The highest BCUT2D eigenvalue weighted by Crippen LogP contribution is 2.24. The third-order valence-electron chi connectivity index (χ3n) is 2.23. The van der Waals surface area contributed by atoms with E-state index in [0.29, 0.717) is 5.69 Å². The molecule has 0 aliphatic carbocycles. The first kappa shape index (κ1) is 11.5. The van der Waals surface area contributed by atoms with Gasteiger partial charge < -0.3 is 11.1 Å². The summed E-state index contributed by atoms with van der Waals surface area (Å²) in [6.45, 7) is 6.22. The molecule has 0 radical (unpaired) electrons.